The lowest BCUT2D eigenvalue weighted by molar-refractivity contribution is -0.385. The van der Waals surface area contributed by atoms with Gasteiger partial charge in [0.2, 0.25) is 0 Å². The zero-order valence-corrected chi connectivity index (χ0v) is 15.0. The van der Waals surface area contributed by atoms with Crippen molar-refractivity contribution >= 4 is 28.1 Å². The highest BCUT2D eigenvalue weighted by Gasteiger charge is 2.14. The number of para-hydroxylation sites is 1. The van der Waals surface area contributed by atoms with Crippen LogP contribution in [0, 0.1) is 22.9 Å². The van der Waals surface area contributed by atoms with Crippen molar-refractivity contribution in [2.45, 2.75) is 6.92 Å². The summed E-state index contributed by atoms with van der Waals surface area (Å²) in [6.07, 6.45) is 0. The second-order valence-electron chi connectivity index (χ2n) is 5.56. The first-order valence-corrected chi connectivity index (χ1v) is 8.70. The lowest BCUT2D eigenvalue weighted by Crippen LogP contribution is -2.20. The van der Waals surface area contributed by atoms with E-state index in [-0.39, 0.29) is 18.0 Å². The van der Waals surface area contributed by atoms with E-state index in [1.807, 2.05) is 0 Å². The van der Waals surface area contributed by atoms with E-state index < -0.39 is 16.6 Å². The summed E-state index contributed by atoms with van der Waals surface area (Å²) in [7, 11) is 0. The average Bonchev–Trinajstić information content (AvgIpc) is 3.09. The Balaban J connectivity index is 1.66. The van der Waals surface area contributed by atoms with Gasteiger partial charge in [-0.05, 0) is 19.1 Å². The lowest BCUT2D eigenvalue weighted by atomic mass is 10.1. The summed E-state index contributed by atoms with van der Waals surface area (Å²) in [6.45, 7) is 1.29. The summed E-state index contributed by atoms with van der Waals surface area (Å²) in [5, 5.41) is 15.6. The normalized spacial score (nSPS) is 10.4. The van der Waals surface area contributed by atoms with Crippen molar-refractivity contribution in [2.24, 2.45) is 0 Å². The van der Waals surface area contributed by atoms with Crippen molar-refractivity contribution in [1.82, 2.24) is 4.98 Å². The second-order valence-corrected chi connectivity index (χ2v) is 6.42. The van der Waals surface area contributed by atoms with Crippen molar-refractivity contribution in [3.63, 3.8) is 0 Å². The highest BCUT2D eigenvalue weighted by molar-refractivity contribution is 7.14. The molecule has 27 heavy (non-hydrogen) atoms. The summed E-state index contributed by atoms with van der Waals surface area (Å²) >= 11 is 1.17. The molecule has 0 fully saturated rings. The van der Waals surface area contributed by atoms with Crippen LogP contribution in [0.2, 0.25) is 0 Å². The molecule has 1 N–H and O–H groups in total. The number of carbonyl (C=O) groups excluding carboxylic acids is 1. The quantitative estimate of drug-likeness (QED) is 0.506. The summed E-state index contributed by atoms with van der Waals surface area (Å²) in [4.78, 5) is 26.8. The van der Waals surface area contributed by atoms with Gasteiger partial charge in [0.1, 0.15) is 0 Å². The number of hydrogen-bond donors (Lipinski definition) is 1. The number of halogens is 1. The van der Waals surface area contributed by atoms with Gasteiger partial charge in [-0.15, -0.1) is 11.3 Å². The van der Waals surface area contributed by atoms with Crippen LogP contribution in [0.1, 0.15) is 5.56 Å². The van der Waals surface area contributed by atoms with Crippen molar-refractivity contribution in [1.29, 1.82) is 0 Å². The van der Waals surface area contributed by atoms with E-state index in [1.54, 1.807) is 30.5 Å². The van der Waals surface area contributed by atoms with Gasteiger partial charge in [-0.2, -0.15) is 0 Å². The first-order chi connectivity index (χ1) is 12.9. The van der Waals surface area contributed by atoms with Gasteiger partial charge < -0.3 is 4.74 Å². The number of carbonyl (C=O) groups is 1. The SMILES string of the molecule is Cc1ccc(-c2csc(NC(=O)COc3ccccc3F)n2)cc1[N+](=O)[O-]. The number of nitro groups is 1. The predicted molar refractivity (Wildman–Crippen MR) is 99.5 cm³/mol. The van der Waals surface area contributed by atoms with E-state index in [1.165, 1.54) is 35.6 Å². The number of nitro benzene ring substituents is 1. The molecule has 0 saturated carbocycles. The number of aromatic nitrogens is 1. The maximum absolute atomic E-state index is 13.5. The van der Waals surface area contributed by atoms with Crippen LogP contribution in [0.4, 0.5) is 15.2 Å². The van der Waals surface area contributed by atoms with E-state index in [0.717, 1.165) is 0 Å². The Morgan fingerprint density at radius 3 is 2.85 bits per heavy atom. The monoisotopic (exact) mass is 387 g/mol. The Morgan fingerprint density at radius 1 is 1.33 bits per heavy atom. The molecule has 0 radical (unpaired) electrons. The zero-order valence-electron chi connectivity index (χ0n) is 14.1. The largest absolute Gasteiger partial charge is 0.481 e. The van der Waals surface area contributed by atoms with Gasteiger partial charge in [0.25, 0.3) is 11.6 Å². The Hall–Kier alpha value is -3.33. The molecular weight excluding hydrogens is 373 g/mol. The van der Waals surface area contributed by atoms with Crippen molar-refractivity contribution in [2.75, 3.05) is 11.9 Å². The van der Waals surface area contributed by atoms with Gasteiger partial charge in [0.15, 0.2) is 23.3 Å². The van der Waals surface area contributed by atoms with Crippen LogP contribution in [0.5, 0.6) is 5.75 Å². The Labute approximate surface area is 157 Å². The Kier molecular flexibility index (Phi) is 5.41. The topological polar surface area (TPSA) is 94.4 Å². The van der Waals surface area contributed by atoms with E-state index in [9.17, 15) is 19.3 Å². The molecule has 3 aromatic rings. The van der Waals surface area contributed by atoms with Gasteiger partial charge in [0, 0.05) is 22.6 Å². The molecule has 9 heteroatoms. The number of nitrogens with one attached hydrogen (secondary N) is 1. The molecule has 3 rings (SSSR count). The molecule has 1 heterocycles. The molecule has 1 aromatic heterocycles. The number of thiazole rings is 1. The number of anilines is 1. The number of benzene rings is 2. The van der Waals surface area contributed by atoms with Crippen molar-refractivity contribution in [3.8, 4) is 17.0 Å². The zero-order chi connectivity index (χ0) is 19.4. The molecule has 0 atom stereocenters. The van der Waals surface area contributed by atoms with Gasteiger partial charge in [-0.3, -0.25) is 20.2 Å². The molecule has 0 aliphatic rings. The third kappa shape index (κ3) is 4.45. The van der Waals surface area contributed by atoms with Gasteiger partial charge >= 0.3 is 0 Å². The van der Waals surface area contributed by atoms with Crippen LogP contribution in [0.3, 0.4) is 0 Å². The lowest BCUT2D eigenvalue weighted by Gasteiger charge is -2.06. The third-order valence-corrected chi connectivity index (χ3v) is 4.41. The fraction of sp³-hybridized carbons (Fsp3) is 0.111. The fourth-order valence-electron chi connectivity index (χ4n) is 2.29. The number of ether oxygens (including phenoxy) is 1. The van der Waals surface area contributed by atoms with E-state index in [0.29, 0.717) is 22.0 Å². The summed E-state index contributed by atoms with van der Waals surface area (Å²) in [5.41, 5.74) is 1.64. The number of nitrogens with zero attached hydrogens (tertiary/aromatic N) is 2. The number of aryl methyl sites for hydroxylation is 1. The molecule has 0 aliphatic heterocycles. The second kappa shape index (κ2) is 7.92. The van der Waals surface area contributed by atoms with Gasteiger partial charge in [-0.1, -0.05) is 24.3 Å². The van der Waals surface area contributed by atoms with E-state index in [4.69, 9.17) is 4.74 Å². The van der Waals surface area contributed by atoms with Crippen LogP contribution in [-0.4, -0.2) is 22.4 Å². The minimum Gasteiger partial charge on any atom is -0.481 e. The first kappa shape index (κ1) is 18.5. The maximum Gasteiger partial charge on any atom is 0.272 e. The molecule has 7 nitrogen and oxygen atoms in total. The van der Waals surface area contributed by atoms with Crippen LogP contribution < -0.4 is 10.1 Å². The number of amides is 1. The molecule has 138 valence electrons. The number of rotatable bonds is 6. The first-order valence-electron chi connectivity index (χ1n) is 7.82. The molecular formula is C18H14FN3O4S. The van der Waals surface area contributed by atoms with Crippen LogP contribution >= 0.6 is 11.3 Å². The average molecular weight is 387 g/mol. The minimum absolute atomic E-state index is 0.00405. The maximum atomic E-state index is 13.5. The van der Waals surface area contributed by atoms with Crippen LogP contribution in [0.25, 0.3) is 11.3 Å². The highest BCUT2D eigenvalue weighted by atomic mass is 32.1. The summed E-state index contributed by atoms with van der Waals surface area (Å²) < 4.78 is 18.6. The van der Waals surface area contributed by atoms with E-state index in [2.05, 4.69) is 10.3 Å². The molecule has 2 aromatic carbocycles. The van der Waals surface area contributed by atoms with Gasteiger partial charge in [0.05, 0.1) is 10.6 Å². The smallest absolute Gasteiger partial charge is 0.272 e. The highest BCUT2D eigenvalue weighted by Crippen LogP contribution is 2.29. The molecule has 0 spiro atoms. The minimum atomic E-state index is -0.553. The van der Waals surface area contributed by atoms with Crippen molar-refractivity contribution < 1.29 is 18.8 Å². The van der Waals surface area contributed by atoms with Crippen molar-refractivity contribution in [3.05, 3.63) is 69.3 Å². The molecule has 0 aliphatic carbocycles. The van der Waals surface area contributed by atoms with Crippen LogP contribution in [0.15, 0.2) is 47.8 Å². The van der Waals surface area contributed by atoms with Crippen LogP contribution in [-0.2, 0) is 4.79 Å². The number of hydrogen-bond acceptors (Lipinski definition) is 6. The molecule has 0 saturated heterocycles. The summed E-state index contributed by atoms with van der Waals surface area (Å²) in [5.74, 6) is -1.06. The van der Waals surface area contributed by atoms with Gasteiger partial charge in [-0.25, -0.2) is 9.37 Å². The summed E-state index contributed by atoms with van der Waals surface area (Å²) in [6, 6.07) is 10.6. The predicted octanol–water partition coefficient (Wildman–Crippen LogP) is 4.18. The standard InChI is InChI=1S/C18H14FN3O4S/c1-11-6-7-12(8-15(11)22(24)25)14-10-27-18(20-14)21-17(23)9-26-16-5-3-2-4-13(16)19/h2-8,10H,9H2,1H3,(H,20,21,23). The van der Waals surface area contributed by atoms with E-state index >= 15 is 0 Å². The fourth-order valence-corrected chi connectivity index (χ4v) is 3.03. The Morgan fingerprint density at radius 2 is 2.11 bits per heavy atom. The Bertz CT molecular complexity index is 1010. The molecule has 0 unspecified atom stereocenters. The molecule has 0 bridgehead atoms. The third-order valence-electron chi connectivity index (χ3n) is 3.65. The molecule has 1 amide bonds.